The molecule has 1 heterocycles. The summed E-state index contributed by atoms with van der Waals surface area (Å²) in [5.41, 5.74) is 0.849. The third-order valence-electron chi connectivity index (χ3n) is 5.36. The van der Waals surface area contributed by atoms with Crippen LogP contribution in [0.3, 0.4) is 0 Å². The summed E-state index contributed by atoms with van der Waals surface area (Å²) < 4.78 is 0. The van der Waals surface area contributed by atoms with Gasteiger partial charge in [-0.25, -0.2) is 0 Å². The highest BCUT2D eigenvalue weighted by Gasteiger charge is 2.31. The van der Waals surface area contributed by atoms with E-state index in [4.69, 9.17) is 174 Å². The third-order valence-corrected chi connectivity index (χ3v) is 12.2. The fourth-order valence-corrected chi connectivity index (χ4v) is 7.63. The van der Waals surface area contributed by atoms with Crippen molar-refractivity contribution in [1.29, 1.82) is 0 Å². The summed E-state index contributed by atoms with van der Waals surface area (Å²) in [6.45, 7) is 0. The lowest BCUT2D eigenvalue weighted by molar-refractivity contribution is 1.33. The smallest absolute Gasteiger partial charge is 0.0809 e. The van der Waals surface area contributed by atoms with Crippen molar-refractivity contribution < 1.29 is 0 Å². The summed E-state index contributed by atoms with van der Waals surface area (Å²) in [7, 11) is 0. The largest absolute Gasteiger partial charge is 0.263 e. The van der Waals surface area contributed by atoms with Crippen molar-refractivity contribution in [1.82, 2.24) is 4.98 Å². The molecule has 1 aromatic heterocycles. The van der Waals surface area contributed by atoms with E-state index in [0.29, 0.717) is 0 Å². The van der Waals surface area contributed by atoms with Gasteiger partial charge in [-0.1, -0.05) is 174 Å². The fraction of sp³-hybridized carbons (Fsp3) is 0. The molecule has 0 saturated carbocycles. The molecule has 204 valence electrons. The molecule has 0 fully saturated rings. The monoisotopic (exact) mass is 817 g/mol. The number of nitrogens with zero attached hydrogens (tertiary/aromatic N) is 1. The van der Waals surface area contributed by atoms with Crippen LogP contribution in [0.1, 0.15) is 0 Å². The first-order chi connectivity index (χ1) is 18.1. The Labute approximate surface area is 296 Å². The molecule has 39 heavy (non-hydrogen) atoms. The van der Waals surface area contributed by atoms with Gasteiger partial charge in [0.1, 0.15) is 0 Å². The van der Waals surface area contributed by atoms with Crippen molar-refractivity contribution in [2.45, 2.75) is 0 Å². The topological polar surface area (TPSA) is 12.9 Å². The van der Waals surface area contributed by atoms with Crippen LogP contribution in [0.5, 0.6) is 0 Å². The minimum atomic E-state index is -0.106. The maximum absolute atomic E-state index is 6.71. The van der Waals surface area contributed by atoms with Gasteiger partial charge in [-0.05, 0) is 0 Å². The highest BCUT2D eigenvalue weighted by molar-refractivity contribution is 6.59. The number of hydrogen-bond acceptors (Lipinski definition) is 1. The van der Waals surface area contributed by atoms with Crippen LogP contribution in [0.25, 0.3) is 33.4 Å². The number of halogens is 15. The lowest BCUT2D eigenvalue weighted by atomic mass is 9.89. The Morgan fingerprint density at radius 2 is 0.462 bits per heavy atom. The molecule has 0 amide bonds. The van der Waals surface area contributed by atoms with E-state index in [2.05, 4.69) is 4.98 Å². The molecule has 3 aromatic carbocycles. The van der Waals surface area contributed by atoms with Crippen LogP contribution in [0, 0.1) is 0 Å². The average Bonchev–Trinajstić information content (AvgIpc) is 2.92. The van der Waals surface area contributed by atoms with Gasteiger partial charge in [-0.15, -0.1) is 0 Å². The standard InChI is InChI=1S/C23H2Cl15N/c24-9-6(10(25)16(31)21(36)15(9)30)3-1-39-2-4(7-11(26)17(32)22(37)18(33)12(7)27)5(3)8-13(28)19(34)23(38)20(35)14(8)29/h1-2H. The van der Waals surface area contributed by atoms with Crippen LogP contribution in [-0.2, 0) is 0 Å². The first kappa shape index (κ1) is 33.1. The molecular formula is C23H2Cl15N. The van der Waals surface area contributed by atoms with Gasteiger partial charge < -0.3 is 0 Å². The minimum absolute atomic E-state index is 0.0703. The predicted molar refractivity (Wildman–Crippen MR) is 176 cm³/mol. The second-order valence-corrected chi connectivity index (χ2v) is 13.1. The first-order valence-electron chi connectivity index (χ1n) is 9.68. The van der Waals surface area contributed by atoms with Crippen molar-refractivity contribution in [2.75, 3.05) is 0 Å². The van der Waals surface area contributed by atoms with Crippen molar-refractivity contribution in [3.05, 3.63) is 87.7 Å². The summed E-state index contributed by atoms with van der Waals surface area (Å²) in [6.07, 6.45) is 2.77. The van der Waals surface area contributed by atoms with Crippen LogP contribution < -0.4 is 0 Å². The highest BCUT2D eigenvalue weighted by Crippen LogP contribution is 2.58. The molecule has 0 bridgehead atoms. The molecule has 0 atom stereocenters. The zero-order valence-corrected chi connectivity index (χ0v) is 29.1. The molecule has 0 saturated heterocycles. The summed E-state index contributed by atoms with van der Waals surface area (Å²) in [5.74, 6) is 0. The SMILES string of the molecule is Clc1c(Cl)c(Cl)c(-c2cncc(-c3c(Cl)c(Cl)c(Cl)c(Cl)c3Cl)c2-c2c(Cl)c(Cl)c(Cl)c(Cl)c2Cl)c(Cl)c1Cl. The van der Waals surface area contributed by atoms with Gasteiger partial charge in [0.05, 0.1) is 75.3 Å². The van der Waals surface area contributed by atoms with Crippen LogP contribution in [0.4, 0.5) is 0 Å². The molecule has 0 radical (unpaired) electrons. The number of rotatable bonds is 3. The summed E-state index contributed by atoms with van der Waals surface area (Å²) in [6, 6.07) is 0. The Morgan fingerprint density at radius 1 is 0.256 bits per heavy atom. The number of pyridine rings is 1. The van der Waals surface area contributed by atoms with Gasteiger partial charge in [0.15, 0.2) is 0 Å². The highest BCUT2D eigenvalue weighted by atomic mass is 35.5. The fourth-order valence-electron chi connectivity index (χ4n) is 3.62. The van der Waals surface area contributed by atoms with E-state index in [-0.39, 0.29) is 109 Å². The number of aromatic nitrogens is 1. The van der Waals surface area contributed by atoms with Crippen molar-refractivity contribution in [2.24, 2.45) is 0 Å². The van der Waals surface area contributed by atoms with Crippen LogP contribution in [-0.4, -0.2) is 4.98 Å². The van der Waals surface area contributed by atoms with E-state index in [1.54, 1.807) is 0 Å². The first-order valence-corrected chi connectivity index (χ1v) is 15.3. The summed E-state index contributed by atoms with van der Waals surface area (Å²) >= 11 is 97.0. The molecule has 0 unspecified atom stereocenters. The molecule has 0 N–H and O–H groups in total. The van der Waals surface area contributed by atoms with E-state index in [1.165, 1.54) is 12.4 Å². The Hall–Kier alpha value is 1.16. The number of hydrogen-bond donors (Lipinski definition) is 0. The lowest BCUT2D eigenvalue weighted by Crippen LogP contribution is -1.98. The molecule has 4 rings (SSSR count). The second kappa shape index (κ2) is 12.6. The normalized spacial score (nSPS) is 11.5. The minimum Gasteiger partial charge on any atom is -0.263 e. The van der Waals surface area contributed by atoms with E-state index < -0.39 is 0 Å². The maximum Gasteiger partial charge on any atom is 0.0809 e. The van der Waals surface area contributed by atoms with E-state index in [0.717, 1.165) is 0 Å². The molecule has 1 nitrogen and oxygen atoms in total. The van der Waals surface area contributed by atoms with Crippen LogP contribution >= 0.6 is 174 Å². The zero-order valence-electron chi connectivity index (χ0n) is 17.8. The average molecular weight is 824 g/mol. The molecular weight excluding hydrogens is 822 g/mol. The molecule has 0 aliphatic carbocycles. The van der Waals surface area contributed by atoms with E-state index in [1.807, 2.05) is 0 Å². The number of benzene rings is 3. The zero-order chi connectivity index (χ0) is 29.2. The Morgan fingerprint density at radius 3 is 0.718 bits per heavy atom. The van der Waals surface area contributed by atoms with Gasteiger partial charge in [0.2, 0.25) is 0 Å². The molecule has 0 aliphatic heterocycles. The quantitative estimate of drug-likeness (QED) is 0.148. The van der Waals surface area contributed by atoms with Crippen LogP contribution in [0.2, 0.25) is 75.3 Å². The van der Waals surface area contributed by atoms with Crippen LogP contribution in [0.15, 0.2) is 12.4 Å². The third kappa shape index (κ3) is 5.50. The van der Waals surface area contributed by atoms with Gasteiger partial charge in [-0.3, -0.25) is 4.98 Å². The summed E-state index contributed by atoms with van der Waals surface area (Å²) in [5, 5.41) is -1.26. The van der Waals surface area contributed by atoms with Crippen molar-refractivity contribution >= 4 is 174 Å². The molecule has 4 aromatic rings. The van der Waals surface area contributed by atoms with Crippen molar-refractivity contribution in [3.63, 3.8) is 0 Å². The van der Waals surface area contributed by atoms with E-state index in [9.17, 15) is 0 Å². The molecule has 0 aliphatic rings. The van der Waals surface area contributed by atoms with Gasteiger partial charge in [0.25, 0.3) is 0 Å². The maximum atomic E-state index is 6.71. The Kier molecular flexibility index (Phi) is 10.7. The molecule has 0 spiro atoms. The van der Waals surface area contributed by atoms with Gasteiger partial charge in [-0.2, -0.15) is 0 Å². The molecule has 16 heteroatoms. The van der Waals surface area contributed by atoms with Gasteiger partial charge in [0, 0.05) is 45.8 Å². The lowest BCUT2D eigenvalue weighted by Gasteiger charge is -2.23. The Bertz CT molecular complexity index is 1540. The predicted octanol–water partition coefficient (Wildman–Crippen LogP) is 15.9. The summed E-state index contributed by atoms with van der Waals surface area (Å²) in [4.78, 5) is 4.32. The van der Waals surface area contributed by atoms with Crippen molar-refractivity contribution in [3.8, 4) is 33.4 Å². The van der Waals surface area contributed by atoms with E-state index >= 15 is 0 Å². The second-order valence-electron chi connectivity index (χ2n) is 7.44. The van der Waals surface area contributed by atoms with Gasteiger partial charge >= 0.3 is 0 Å². The Balaban J connectivity index is 2.34.